The Kier molecular flexibility index (Phi) is 6.17. The third kappa shape index (κ3) is 5.12. The summed E-state index contributed by atoms with van der Waals surface area (Å²) in [6, 6.07) is 0. The molecular formula is C15H26N4O2. The number of H-pyrrole nitrogens is 1. The lowest BCUT2D eigenvalue weighted by atomic mass is 9.93. The van der Waals surface area contributed by atoms with E-state index in [4.69, 9.17) is 4.74 Å². The van der Waals surface area contributed by atoms with Gasteiger partial charge in [-0.05, 0) is 38.5 Å². The minimum Gasteiger partial charge on any atom is -0.385 e. The maximum Gasteiger partial charge on any atom is 0.223 e. The zero-order valence-electron chi connectivity index (χ0n) is 13.1. The van der Waals surface area contributed by atoms with Crippen LogP contribution >= 0.6 is 0 Å². The largest absolute Gasteiger partial charge is 0.385 e. The molecule has 1 aliphatic heterocycles. The number of ether oxygens (including phenoxy) is 1. The molecule has 1 aromatic heterocycles. The van der Waals surface area contributed by atoms with Crippen LogP contribution in [0.3, 0.4) is 0 Å². The number of hydrogen-bond acceptors (Lipinski definition) is 4. The van der Waals surface area contributed by atoms with E-state index in [2.05, 4.69) is 15.2 Å². The molecule has 0 radical (unpaired) electrons. The van der Waals surface area contributed by atoms with Crippen LogP contribution in [0.25, 0.3) is 0 Å². The van der Waals surface area contributed by atoms with Crippen LogP contribution in [-0.2, 0) is 16.0 Å². The Labute approximate surface area is 126 Å². The molecule has 6 nitrogen and oxygen atoms in total. The van der Waals surface area contributed by atoms with Gasteiger partial charge in [0.2, 0.25) is 5.91 Å². The van der Waals surface area contributed by atoms with E-state index in [0.717, 1.165) is 50.6 Å². The highest BCUT2D eigenvalue weighted by Gasteiger charge is 2.23. The van der Waals surface area contributed by atoms with Gasteiger partial charge in [0, 0.05) is 39.6 Å². The molecule has 1 saturated heterocycles. The number of carbonyl (C=O) groups is 1. The fraction of sp³-hybridized carbons (Fsp3) is 0.800. The Balaban J connectivity index is 1.73. The summed E-state index contributed by atoms with van der Waals surface area (Å²) in [5.41, 5.74) is 0. The van der Waals surface area contributed by atoms with Gasteiger partial charge in [-0.3, -0.25) is 9.89 Å². The van der Waals surface area contributed by atoms with Crippen LogP contribution in [-0.4, -0.2) is 52.8 Å². The van der Waals surface area contributed by atoms with Crippen LogP contribution in [0.1, 0.15) is 43.8 Å². The highest BCUT2D eigenvalue weighted by Crippen LogP contribution is 2.21. The second-order valence-corrected chi connectivity index (χ2v) is 5.82. The van der Waals surface area contributed by atoms with E-state index in [9.17, 15) is 4.79 Å². The molecule has 1 atom stereocenters. The minimum atomic E-state index is 0.230. The fourth-order valence-electron chi connectivity index (χ4n) is 2.92. The van der Waals surface area contributed by atoms with Crippen LogP contribution < -0.4 is 0 Å². The van der Waals surface area contributed by atoms with Gasteiger partial charge in [-0.2, -0.15) is 5.10 Å². The molecule has 1 aliphatic rings. The number of aromatic nitrogens is 3. The monoisotopic (exact) mass is 294 g/mol. The van der Waals surface area contributed by atoms with Crippen molar-refractivity contribution in [2.75, 3.05) is 26.8 Å². The van der Waals surface area contributed by atoms with E-state index >= 15 is 0 Å². The summed E-state index contributed by atoms with van der Waals surface area (Å²) in [7, 11) is 1.74. The number of methoxy groups -OCH3 is 1. The van der Waals surface area contributed by atoms with Gasteiger partial charge in [0.05, 0.1) is 0 Å². The summed E-state index contributed by atoms with van der Waals surface area (Å²) >= 11 is 0. The first-order chi connectivity index (χ1) is 10.2. The van der Waals surface area contributed by atoms with E-state index in [1.165, 1.54) is 6.42 Å². The first-order valence-electron chi connectivity index (χ1n) is 7.83. The molecule has 1 fully saturated rings. The highest BCUT2D eigenvalue weighted by atomic mass is 16.5. The van der Waals surface area contributed by atoms with E-state index in [0.29, 0.717) is 18.8 Å². The van der Waals surface area contributed by atoms with Gasteiger partial charge in [0.15, 0.2) is 5.82 Å². The van der Waals surface area contributed by atoms with Crippen molar-refractivity contribution in [3.8, 4) is 0 Å². The molecule has 2 rings (SSSR count). The zero-order chi connectivity index (χ0) is 15.1. The van der Waals surface area contributed by atoms with E-state index in [-0.39, 0.29) is 5.91 Å². The molecule has 6 heteroatoms. The Morgan fingerprint density at radius 2 is 2.38 bits per heavy atom. The van der Waals surface area contributed by atoms with Crippen molar-refractivity contribution in [1.29, 1.82) is 0 Å². The first kappa shape index (κ1) is 15.9. The lowest BCUT2D eigenvalue weighted by molar-refractivity contribution is -0.133. The van der Waals surface area contributed by atoms with Crippen molar-refractivity contribution in [2.24, 2.45) is 5.92 Å². The number of likely N-dealkylation sites (tertiary alicyclic amines) is 1. The highest BCUT2D eigenvalue weighted by molar-refractivity contribution is 5.76. The van der Waals surface area contributed by atoms with Crippen LogP contribution in [0, 0.1) is 12.8 Å². The quantitative estimate of drug-likeness (QED) is 0.777. The summed E-state index contributed by atoms with van der Waals surface area (Å²) in [4.78, 5) is 18.5. The number of rotatable bonds is 7. The van der Waals surface area contributed by atoms with Gasteiger partial charge < -0.3 is 9.64 Å². The third-order valence-electron chi connectivity index (χ3n) is 4.04. The first-order valence-corrected chi connectivity index (χ1v) is 7.83. The second kappa shape index (κ2) is 8.12. The standard InChI is InChI=1S/C15H26N4O2/c1-12-16-14(18-17-12)7-8-15(20)19-9-3-5-13(11-19)6-4-10-21-2/h13H,3-11H2,1-2H3,(H,16,17,18). The number of amides is 1. The van der Waals surface area contributed by atoms with E-state index in [1.807, 2.05) is 11.8 Å². The molecule has 0 spiro atoms. The average Bonchev–Trinajstić information content (AvgIpc) is 2.91. The molecule has 1 aromatic rings. The second-order valence-electron chi connectivity index (χ2n) is 5.82. The number of aryl methyl sites for hydroxylation is 2. The molecule has 2 heterocycles. The molecule has 1 unspecified atom stereocenters. The minimum absolute atomic E-state index is 0.230. The molecule has 0 saturated carbocycles. The molecule has 1 N–H and O–H groups in total. The van der Waals surface area contributed by atoms with Gasteiger partial charge in [-0.25, -0.2) is 4.98 Å². The number of hydrogen-bond donors (Lipinski definition) is 1. The summed E-state index contributed by atoms with van der Waals surface area (Å²) < 4.78 is 5.10. The van der Waals surface area contributed by atoms with Crippen LogP contribution in [0.4, 0.5) is 0 Å². The Hall–Kier alpha value is -1.43. The number of piperidine rings is 1. The van der Waals surface area contributed by atoms with Crippen molar-refractivity contribution >= 4 is 5.91 Å². The van der Waals surface area contributed by atoms with Crippen molar-refractivity contribution in [2.45, 2.75) is 45.4 Å². The zero-order valence-corrected chi connectivity index (χ0v) is 13.1. The smallest absolute Gasteiger partial charge is 0.223 e. The summed E-state index contributed by atoms with van der Waals surface area (Å²) in [6.07, 6.45) is 5.70. The lowest BCUT2D eigenvalue weighted by Gasteiger charge is -2.33. The number of aromatic amines is 1. The molecule has 0 bridgehead atoms. The third-order valence-corrected chi connectivity index (χ3v) is 4.04. The van der Waals surface area contributed by atoms with Crippen molar-refractivity contribution in [3.63, 3.8) is 0 Å². The molecule has 0 aromatic carbocycles. The normalized spacial score (nSPS) is 19.0. The Morgan fingerprint density at radius 3 is 3.10 bits per heavy atom. The predicted octanol–water partition coefficient (Wildman–Crippen LogP) is 1.71. The van der Waals surface area contributed by atoms with Gasteiger partial charge in [-0.1, -0.05) is 0 Å². The average molecular weight is 294 g/mol. The molecule has 21 heavy (non-hydrogen) atoms. The van der Waals surface area contributed by atoms with Gasteiger partial charge in [0.25, 0.3) is 0 Å². The SMILES string of the molecule is COCCCC1CCCN(C(=O)CCc2n[nH]c(C)n2)C1. The Bertz CT molecular complexity index is 447. The van der Waals surface area contributed by atoms with Crippen molar-refractivity contribution < 1.29 is 9.53 Å². The van der Waals surface area contributed by atoms with E-state index in [1.54, 1.807) is 7.11 Å². The van der Waals surface area contributed by atoms with Gasteiger partial charge in [0.1, 0.15) is 5.82 Å². The molecule has 118 valence electrons. The molecule has 1 amide bonds. The summed E-state index contributed by atoms with van der Waals surface area (Å²) in [6.45, 7) is 4.48. The predicted molar refractivity (Wildman–Crippen MR) is 79.9 cm³/mol. The van der Waals surface area contributed by atoms with Gasteiger partial charge in [-0.15, -0.1) is 0 Å². The van der Waals surface area contributed by atoms with E-state index < -0.39 is 0 Å². The molecular weight excluding hydrogens is 268 g/mol. The maximum atomic E-state index is 12.3. The molecule has 0 aliphatic carbocycles. The van der Waals surface area contributed by atoms with Gasteiger partial charge >= 0.3 is 0 Å². The maximum absolute atomic E-state index is 12.3. The number of carbonyl (C=O) groups excluding carboxylic acids is 1. The van der Waals surface area contributed by atoms with Crippen LogP contribution in [0.2, 0.25) is 0 Å². The fourth-order valence-corrected chi connectivity index (χ4v) is 2.92. The Morgan fingerprint density at radius 1 is 1.52 bits per heavy atom. The lowest BCUT2D eigenvalue weighted by Crippen LogP contribution is -2.40. The number of nitrogens with zero attached hydrogens (tertiary/aromatic N) is 3. The van der Waals surface area contributed by atoms with Crippen molar-refractivity contribution in [3.05, 3.63) is 11.6 Å². The van der Waals surface area contributed by atoms with Crippen molar-refractivity contribution in [1.82, 2.24) is 20.1 Å². The van der Waals surface area contributed by atoms with Crippen LogP contribution in [0.15, 0.2) is 0 Å². The summed E-state index contributed by atoms with van der Waals surface area (Å²) in [5.74, 6) is 2.39. The number of nitrogens with one attached hydrogen (secondary N) is 1. The summed E-state index contributed by atoms with van der Waals surface area (Å²) in [5, 5.41) is 6.89. The van der Waals surface area contributed by atoms with Crippen LogP contribution in [0.5, 0.6) is 0 Å². The topological polar surface area (TPSA) is 71.1 Å².